The summed E-state index contributed by atoms with van der Waals surface area (Å²) in [6, 6.07) is 0. The number of aliphatic hydroxyl groups excluding tert-OH is 4. The van der Waals surface area contributed by atoms with Crippen molar-refractivity contribution in [1.82, 2.24) is 0 Å². The molecule has 0 radical (unpaired) electrons. The predicted molar refractivity (Wildman–Crippen MR) is 138 cm³/mol. The van der Waals surface area contributed by atoms with E-state index >= 15 is 0 Å². The van der Waals surface area contributed by atoms with Crippen molar-refractivity contribution >= 4 is 28.1 Å². The molecular weight excluding hydrogens is 472 g/mol. The number of esters is 2. The van der Waals surface area contributed by atoms with E-state index in [0.29, 0.717) is 13.2 Å². The summed E-state index contributed by atoms with van der Waals surface area (Å²) in [4.78, 5) is 22.1. The van der Waals surface area contributed by atoms with Crippen LogP contribution in [0.3, 0.4) is 0 Å². The van der Waals surface area contributed by atoms with Crippen LogP contribution in [0.5, 0.6) is 0 Å². The van der Waals surface area contributed by atoms with Crippen molar-refractivity contribution < 1.29 is 39.5 Å². The highest BCUT2D eigenvalue weighted by atomic mass is 28.3. The van der Waals surface area contributed by atoms with Crippen LogP contribution in [0.1, 0.15) is 39.5 Å². The highest BCUT2D eigenvalue weighted by molar-refractivity contribution is 6.84. The van der Waals surface area contributed by atoms with Gasteiger partial charge in [0.2, 0.25) is 0 Å². The van der Waals surface area contributed by atoms with Gasteiger partial charge in [-0.3, -0.25) is 9.59 Å². The first-order chi connectivity index (χ1) is 15.5. The lowest BCUT2D eigenvalue weighted by Crippen LogP contribution is -2.22. The molecule has 0 rings (SSSR count). The molecule has 0 aliphatic rings. The van der Waals surface area contributed by atoms with Crippen LogP contribution < -0.4 is 0 Å². The fraction of sp³-hybridized carbons (Fsp3) is 0.750. The molecule has 4 N–H and O–H groups in total. The molecule has 10 heteroatoms. The van der Waals surface area contributed by atoms with E-state index in [0.717, 1.165) is 0 Å². The molecule has 0 aromatic carbocycles. The van der Waals surface area contributed by atoms with Crippen molar-refractivity contribution in [3.8, 4) is 22.9 Å². The number of rotatable bonds is 10. The molecule has 0 heterocycles. The van der Waals surface area contributed by atoms with Crippen LogP contribution in [0.15, 0.2) is 0 Å². The van der Waals surface area contributed by atoms with Gasteiger partial charge in [0.25, 0.3) is 0 Å². The number of carbonyl (C=O) groups is 2. The van der Waals surface area contributed by atoms with E-state index in [1.165, 1.54) is 0 Å². The van der Waals surface area contributed by atoms with Gasteiger partial charge in [-0.15, -0.1) is 11.1 Å². The summed E-state index contributed by atoms with van der Waals surface area (Å²) in [6.45, 7) is 16.4. The van der Waals surface area contributed by atoms with Crippen molar-refractivity contribution in [1.29, 1.82) is 0 Å². The van der Waals surface area contributed by atoms with Crippen LogP contribution in [0.4, 0.5) is 0 Å². The predicted octanol–water partition coefficient (Wildman–Crippen LogP) is 1.86. The van der Waals surface area contributed by atoms with Crippen molar-refractivity contribution in [3.63, 3.8) is 0 Å². The van der Waals surface area contributed by atoms with Gasteiger partial charge in [-0.1, -0.05) is 51.1 Å². The SMILES string of the molecule is CCOC(=O)CC(O)CC(O)C#C[Si](C)(C)C.CCOC(=O)C[C@H](O)C[C@H](O)C#C[Si](C)(C)C. The zero-order valence-corrected chi connectivity index (χ0v) is 24.0. The average Bonchev–Trinajstić information content (AvgIpc) is 2.64. The van der Waals surface area contributed by atoms with E-state index in [9.17, 15) is 30.0 Å². The molecule has 0 saturated carbocycles. The third-order valence-electron chi connectivity index (χ3n) is 3.63. The van der Waals surface area contributed by atoms with Crippen LogP contribution in [-0.4, -0.2) is 86.1 Å². The molecule has 0 aliphatic carbocycles. The van der Waals surface area contributed by atoms with Gasteiger partial charge in [0, 0.05) is 12.8 Å². The summed E-state index contributed by atoms with van der Waals surface area (Å²) in [5.74, 6) is 4.52. The smallest absolute Gasteiger partial charge is 0.308 e. The van der Waals surface area contributed by atoms with Crippen LogP contribution in [-0.2, 0) is 19.1 Å². The molecule has 0 spiro atoms. The van der Waals surface area contributed by atoms with Gasteiger partial charge in [-0.2, -0.15) is 0 Å². The average molecular weight is 517 g/mol. The molecule has 0 amide bonds. The van der Waals surface area contributed by atoms with Gasteiger partial charge < -0.3 is 29.9 Å². The fourth-order valence-corrected chi connectivity index (χ4v) is 3.42. The van der Waals surface area contributed by atoms with Crippen LogP contribution in [0.25, 0.3) is 0 Å². The van der Waals surface area contributed by atoms with E-state index in [2.05, 4.69) is 62.2 Å². The molecule has 2 unspecified atom stereocenters. The molecule has 196 valence electrons. The molecule has 0 fully saturated rings. The summed E-state index contributed by atoms with van der Waals surface area (Å²) in [5, 5.41) is 38.2. The van der Waals surface area contributed by atoms with Crippen LogP contribution in [0.2, 0.25) is 39.3 Å². The molecule has 0 saturated heterocycles. The van der Waals surface area contributed by atoms with Crippen molar-refractivity contribution in [3.05, 3.63) is 0 Å². The second-order valence-corrected chi connectivity index (χ2v) is 19.4. The number of hydrogen-bond donors (Lipinski definition) is 4. The lowest BCUT2D eigenvalue weighted by atomic mass is 10.1. The van der Waals surface area contributed by atoms with Crippen molar-refractivity contribution in [2.24, 2.45) is 0 Å². The van der Waals surface area contributed by atoms with Gasteiger partial charge in [0.05, 0.1) is 38.3 Å². The maximum atomic E-state index is 11.1. The minimum Gasteiger partial charge on any atom is -0.466 e. The first-order valence-electron chi connectivity index (χ1n) is 11.6. The van der Waals surface area contributed by atoms with Gasteiger partial charge in [0.15, 0.2) is 0 Å². The van der Waals surface area contributed by atoms with E-state index < -0.39 is 52.5 Å². The Morgan fingerprint density at radius 2 is 0.971 bits per heavy atom. The van der Waals surface area contributed by atoms with Crippen molar-refractivity contribution in [2.75, 3.05) is 13.2 Å². The topological polar surface area (TPSA) is 134 Å². The van der Waals surface area contributed by atoms with Gasteiger partial charge in [0.1, 0.15) is 28.4 Å². The zero-order chi connectivity index (χ0) is 26.9. The second kappa shape index (κ2) is 17.7. The lowest BCUT2D eigenvalue weighted by Gasteiger charge is -2.11. The quantitative estimate of drug-likeness (QED) is 0.196. The number of carbonyl (C=O) groups excluding carboxylic acids is 2. The number of hydrogen-bond acceptors (Lipinski definition) is 8. The lowest BCUT2D eigenvalue weighted by molar-refractivity contribution is -0.146. The summed E-state index contributed by atoms with van der Waals surface area (Å²) in [6.07, 6.45) is -3.61. The summed E-state index contributed by atoms with van der Waals surface area (Å²) >= 11 is 0. The Hall–Kier alpha value is -1.67. The Bertz CT molecular complexity index is 658. The van der Waals surface area contributed by atoms with E-state index in [1.807, 2.05) is 0 Å². The molecule has 8 nitrogen and oxygen atoms in total. The van der Waals surface area contributed by atoms with E-state index in [4.69, 9.17) is 9.47 Å². The highest BCUT2D eigenvalue weighted by Gasteiger charge is 2.17. The Labute approximate surface area is 207 Å². The highest BCUT2D eigenvalue weighted by Crippen LogP contribution is 2.06. The minimum absolute atomic E-state index is 0.0797. The standard InChI is InChI=1S/2C12H22O4Si/c2*1-5-16-12(15)9-11(14)8-10(13)6-7-17(2,3)4/h2*10-11,13-14H,5,8-9H2,1-4H3/t10-,11-;/m1./s1. The Kier molecular flexibility index (Phi) is 18.0. The van der Waals surface area contributed by atoms with Gasteiger partial charge >= 0.3 is 11.9 Å². The summed E-state index contributed by atoms with van der Waals surface area (Å²) in [5.41, 5.74) is 6.03. The number of ether oxygens (including phenoxy) is 2. The normalized spacial score (nSPS) is 14.5. The molecule has 0 aromatic heterocycles. The third-order valence-corrected chi connectivity index (χ3v) is 5.42. The maximum absolute atomic E-state index is 11.1. The van der Waals surface area contributed by atoms with Gasteiger partial charge in [-0.05, 0) is 13.8 Å². The van der Waals surface area contributed by atoms with Gasteiger partial charge in [-0.25, -0.2) is 0 Å². The Morgan fingerprint density at radius 1 is 0.676 bits per heavy atom. The minimum atomic E-state index is -1.51. The molecule has 4 atom stereocenters. The Morgan fingerprint density at radius 3 is 1.21 bits per heavy atom. The summed E-state index contributed by atoms with van der Waals surface area (Å²) in [7, 11) is -3.02. The van der Waals surface area contributed by atoms with E-state index in [1.54, 1.807) is 13.8 Å². The van der Waals surface area contributed by atoms with E-state index in [-0.39, 0.29) is 25.7 Å². The molecule has 34 heavy (non-hydrogen) atoms. The second-order valence-electron chi connectivity index (χ2n) is 9.87. The first kappa shape index (κ1) is 34.5. The monoisotopic (exact) mass is 516 g/mol. The summed E-state index contributed by atoms with van der Waals surface area (Å²) < 4.78 is 9.40. The molecule has 0 aliphatic heterocycles. The fourth-order valence-electron chi connectivity index (χ4n) is 2.22. The first-order valence-corrected chi connectivity index (χ1v) is 18.6. The zero-order valence-electron chi connectivity index (χ0n) is 22.0. The van der Waals surface area contributed by atoms with Crippen molar-refractivity contribution in [2.45, 2.75) is 103 Å². The largest absolute Gasteiger partial charge is 0.466 e. The Balaban J connectivity index is 0. The van der Waals surface area contributed by atoms with Crippen LogP contribution >= 0.6 is 0 Å². The molecular formula is C24H44O8Si2. The van der Waals surface area contributed by atoms with Crippen LogP contribution in [0, 0.1) is 22.9 Å². The molecule has 0 aromatic rings. The molecule has 0 bridgehead atoms. The maximum Gasteiger partial charge on any atom is 0.308 e. The number of aliphatic hydroxyl groups is 4. The third kappa shape index (κ3) is 25.0.